The molecule has 0 bridgehead atoms. The Morgan fingerprint density at radius 2 is 1.55 bits per heavy atom. The summed E-state index contributed by atoms with van der Waals surface area (Å²) in [5.41, 5.74) is 4.25. The minimum Gasteiger partial charge on any atom is -0.484 e. The van der Waals surface area contributed by atoms with Gasteiger partial charge in [-0.15, -0.1) is 0 Å². The van der Waals surface area contributed by atoms with E-state index in [2.05, 4.69) is 0 Å². The second-order valence-corrected chi connectivity index (χ2v) is 8.13. The zero-order valence-electron chi connectivity index (χ0n) is 17.6. The fraction of sp³-hybridized carbons (Fsp3) is 0.318. The van der Waals surface area contributed by atoms with Crippen LogP contribution in [0.2, 0.25) is 10.0 Å². The summed E-state index contributed by atoms with van der Waals surface area (Å²) in [5, 5.41) is 34.9. The molecule has 6 N–H and O–H groups in total. The SMILES string of the molecule is CC(N)CC(Oc1ccc(Cl)cc1Cl)c1ccccc1.O=C(O)CC(O)(CC(=O)O)C(=O)O. The van der Waals surface area contributed by atoms with E-state index >= 15 is 0 Å². The number of hydrogen-bond donors (Lipinski definition) is 5. The molecular weight excluding hydrogens is 477 g/mol. The molecule has 11 heteroatoms. The molecular formula is C22H25Cl2NO8. The van der Waals surface area contributed by atoms with E-state index in [1.807, 2.05) is 37.3 Å². The molecule has 0 amide bonds. The van der Waals surface area contributed by atoms with Crippen molar-refractivity contribution in [3.05, 3.63) is 64.1 Å². The van der Waals surface area contributed by atoms with Gasteiger partial charge in [-0.2, -0.15) is 0 Å². The van der Waals surface area contributed by atoms with Crippen molar-refractivity contribution in [1.82, 2.24) is 0 Å². The van der Waals surface area contributed by atoms with E-state index in [9.17, 15) is 14.4 Å². The molecule has 9 nitrogen and oxygen atoms in total. The molecule has 0 aliphatic heterocycles. The standard InChI is InChI=1S/C16H17Cl2NO.C6H8O7/c1-11(19)9-16(12-5-3-2-4-6-12)20-15-8-7-13(17)10-14(15)18;7-3(8)1-6(13,5(11)12)2-4(9)10/h2-8,10-11,16H,9,19H2,1H3;13H,1-2H2,(H,7,8)(H,9,10)(H,11,12). The molecule has 0 aliphatic rings. The van der Waals surface area contributed by atoms with Gasteiger partial charge in [0, 0.05) is 17.5 Å². The zero-order chi connectivity index (χ0) is 25.2. The van der Waals surface area contributed by atoms with Crippen molar-refractivity contribution >= 4 is 41.1 Å². The highest BCUT2D eigenvalue weighted by Gasteiger charge is 2.40. The van der Waals surface area contributed by atoms with Crippen molar-refractivity contribution in [2.24, 2.45) is 5.73 Å². The lowest BCUT2D eigenvalue weighted by Gasteiger charge is -2.22. The first-order valence-electron chi connectivity index (χ1n) is 9.65. The predicted molar refractivity (Wildman–Crippen MR) is 122 cm³/mol. The molecule has 2 aromatic rings. The molecule has 2 unspecified atom stereocenters. The summed E-state index contributed by atoms with van der Waals surface area (Å²) in [6.45, 7) is 1.96. The lowest BCUT2D eigenvalue weighted by atomic mass is 9.96. The lowest BCUT2D eigenvalue weighted by Crippen LogP contribution is -2.42. The fourth-order valence-electron chi connectivity index (χ4n) is 2.70. The summed E-state index contributed by atoms with van der Waals surface area (Å²) in [5.74, 6) is -4.40. The minimum atomic E-state index is -2.74. The van der Waals surface area contributed by atoms with Crippen LogP contribution in [0.1, 0.15) is 37.9 Å². The first kappa shape index (κ1) is 28.2. The number of carboxylic acid groups (broad SMARTS) is 3. The Morgan fingerprint density at radius 3 is 1.97 bits per heavy atom. The molecule has 2 rings (SSSR count). The lowest BCUT2D eigenvalue weighted by molar-refractivity contribution is -0.170. The van der Waals surface area contributed by atoms with Crippen molar-refractivity contribution in [3.63, 3.8) is 0 Å². The third-order valence-electron chi connectivity index (χ3n) is 4.21. The van der Waals surface area contributed by atoms with Crippen molar-refractivity contribution < 1.29 is 39.5 Å². The number of carboxylic acids is 3. The summed E-state index contributed by atoms with van der Waals surface area (Å²) in [4.78, 5) is 30.5. The van der Waals surface area contributed by atoms with Crippen LogP contribution in [0.25, 0.3) is 0 Å². The highest BCUT2D eigenvalue weighted by molar-refractivity contribution is 6.35. The molecule has 0 spiro atoms. The maximum atomic E-state index is 10.3. The molecule has 0 fully saturated rings. The Hall–Kier alpha value is -2.85. The number of nitrogens with two attached hydrogens (primary N) is 1. The van der Waals surface area contributed by atoms with E-state index in [4.69, 9.17) is 54.1 Å². The van der Waals surface area contributed by atoms with Crippen LogP contribution in [-0.2, 0) is 14.4 Å². The van der Waals surface area contributed by atoms with E-state index in [-0.39, 0.29) is 12.1 Å². The summed E-state index contributed by atoms with van der Waals surface area (Å²) >= 11 is 12.1. The van der Waals surface area contributed by atoms with Crippen LogP contribution in [0.3, 0.4) is 0 Å². The molecule has 180 valence electrons. The molecule has 2 atom stereocenters. The van der Waals surface area contributed by atoms with Crippen LogP contribution in [0.5, 0.6) is 5.75 Å². The van der Waals surface area contributed by atoms with Crippen LogP contribution in [-0.4, -0.2) is 50.0 Å². The highest BCUT2D eigenvalue weighted by atomic mass is 35.5. The summed E-state index contributed by atoms with van der Waals surface area (Å²) < 4.78 is 6.03. The summed E-state index contributed by atoms with van der Waals surface area (Å²) in [6, 6.07) is 15.2. The molecule has 0 heterocycles. The Kier molecular flexibility index (Phi) is 11.1. The third kappa shape index (κ3) is 10.1. The number of ether oxygens (including phenoxy) is 1. The average molecular weight is 502 g/mol. The number of rotatable bonds is 10. The van der Waals surface area contributed by atoms with Crippen LogP contribution in [0, 0.1) is 0 Å². The van der Waals surface area contributed by atoms with Crippen LogP contribution >= 0.6 is 23.2 Å². The van der Waals surface area contributed by atoms with E-state index in [0.717, 1.165) is 5.56 Å². The van der Waals surface area contributed by atoms with Crippen molar-refractivity contribution in [2.45, 2.75) is 43.9 Å². The number of benzene rings is 2. The van der Waals surface area contributed by atoms with Crippen LogP contribution in [0.4, 0.5) is 0 Å². The van der Waals surface area contributed by atoms with Crippen LogP contribution in [0.15, 0.2) is 48.5 Å². The maximum absolute atomic E-state index is 10.3. The van der Waals surface area contributed by atoms with Gasteiger partial charge in [0.05, 0.1) is 17.9 Å². The van der Waals surface area contributed by atoms with Gasteiger partial charge in [-0.1, -0.05) is 53.5 Å². The van der Waals surface area contributed by atoms with Crippen molar-refractivity contribution in [2.75, 3.05) is 0 Å². The van der Waals surface area contributed by atoms with Gasteiger partial charge in [-0.05, 0) is 30.7 Å². The Bertz CT molecular complexity index is 937. The maximum Gasteiger partial charge on any atom is 0.336 e. The molecule has 0 saturated carbocycles. The van der Waals surface area contributed by atoms with Crippen molar-refractivity contribution in [3.8, 4) is 5.75 Å². The average Bonchev–Trinajstić information content (AvgIpc) is 2.69. The topological polar surface area (TPSA) is 167 Å². The van der Waals surface area contributed by atoms with Crippen LogP contribution < -0.4 is 10.5 Å². The van der Waals surface area contributed by atoms with Gasteiger partial charge >= 0.3 is 17.9 Å². The van der Waals surface area contributed by atoms with Gasteiger partial charge in [-0.3, -0.25) is 9.59 Å². The number of carbonyl (C=O) groups is 3. The molecule has 0 aliphatic carbocycles. The number of hydrogen-bond acceptors (Lipinski definition) is 6. The van der Waals surface area contributed by atoms with Crippen molar-refractivity contribution in [1.29, 1.82) is 0 Å². The number of aliphatic carboxylic acids is 3. The third-order valence-corrected chi connectivity index (χ3v) is 4.74. The van der Waals surface area contributed by atoms with E-state index in [0.29, 0.717) is 22.2 Å². The monoisotopic (exact) mass is 501 g/mol. The summed E-state index contributed by atoms with van der Waals surface area (Å²) in [7, 11) is 0. The molecule has 33 heavy (non-hydrogen) atoms. The number of halogens is 2. The molecule has 0 radical (unpaired) electrons. The fourth-order valence-corrected chi connectivity index (χ4v) is 3.15. The van der Waals surface area contributed by atoms with Gasteiger partial charge in [0.2, 0.25) is 0 Å². The largest absolute Gasteiger partial charge is 0.484 e. The zero-order valence-corrected chi connectivity index (χ0v) is 19.2. The van der Waals surface area contributed by atoms with E-state index in [1.165, 1.54) is 0 Å². The first-order valence-corrected chi connectivity index (χ1v) is 10.4. The summed E-state index contributed by atoms with van der Waals surface area (Å²) in [6.07, 6.45) is -1.71. The number of aliphatic hydroxyl groups is 1. The van der Waals surface area contributed by atoms with Gasteiger partial charge in [0.15, 0.2) is 5.60 Å². The normalized spacial score (nSPS) is 12.6. The van der Waals surface area contributed by atoms with Gasteiger partial charge < -0.3 is 30.9 Å². The van der Waals surface area contributed by atoms with E-state index < -0.39 is 36.4 Å². The smallest absolute Gasteiger partial charge is 0.336 e. The Morgan fingerprint density at radius 1 is 1.00 bits per heavy atom. The highest BCUT2D eigenvalue weighted by Crippen LogP contribution is 2.32. The Labute approximate surface area is 200 Å². The second kappa shape index (κ2) is 13.0. The van der Waals surface area contributed by atoms with Gasteiger partial charge in [0.25, 0.3) is 0 Å². The van der Waals surface area contributed by atoms with Gasteiger partial charge in [0.1, 0.15) is 11.9 Å². The Balaban J connectivity index is 0.000000366. The quantitative estimate of drug-likeness (QED) is 0.326. The minimum absolute atomic E-state index is 0.0336. The predicted octanol–water partition coefficient (Wildman–Crippen LogP) is 3.60. The molecule has 0 aromatic heterocycles. The van der Waals surface area contributed by atoms with E-state index in [1.54, 1.807) is 18.2 Å². The first-order chi connectivity index (χ1) is 15.3. The molecule has 2 aromatic carbocycles. The van der Waals surface area contributed by atoms with Gasteiger partial charge in [-0.25, -0.2) is 4.79 Å². The molecule has 0 saturated heterocycles. The second-order valence-electron chi connectivity index (χ2n) is 7.28.